The van der Waals surface area contributed by atoms with Gasteiger partial charge in [-0.15, -0.1) is 0 Å². The molecular weight excluding hydrogens is 317 g/mol. The van der Waals surface area contributed by atoms with Crippen LogP contribution in [0.1, 0.15) is 10.5 Å². The van der Waals surface area contributed by atoms with Crippen LogP contribution in [0.25, 0.3) is 11.3 Å². The summed E-state index contributed by atoms with van der Waals surface area (Å²) in [5.74, 6) is -6.75. The molecule has 1 fully saturated rings. The Hall–Kier alpha value is -2.55. The summed E-state index contributed by atoms with van der Waals surface area (Å²) in [5.41, 5.74) is -0.638. The van der Waals surface area contributed by atoms with E-state index in [1.165, 1.54) is 4.90 Å². The summed E-state index contributed by atoms with van der Waals surface area (Å²) in [6.45, 7) is 1.53. The normalized spacial score (nSPS) is 15.0. The van der Waals surface area contributed by atoms with Gasteiger partial charge in [0.25, 0.3) is 5.91 Å². The molecule has 1 aliphatic heterocycles. The molecule has 2 heterocycles. The molecule has 1 aromatic heterocycles. The first-order valence-corrected chi connectivity index (χ1v) is 6.69. The Kier molecular flexibility index (Phi) is 3.95. The van der Waals surface area contributed by atoms with Crippen molar-refractivity contribution in [3.63, 3.8) is 0 Å². The van der Waals surface area contributed by atoms with E-state index in [0.29, 0.717) is 32.4 Å². The number of aromatic nitrogens is 1. The second-order valence-corrected chi connectivity index (χ2v) is 4.86. The summed E-state index contributed by atoms with van der Waals surface area (Å²) < 4.78 is 50.2. The van der Waals surface area contributed by atoms with Gasteiger partial charge in [0.2, 0.25) is 5.82 Å². The highest BCUT2D eigenvalue weighted by Gasteiger charge is 2.25. The van der Waals surface area contributed by atoms with E-state index >= 15 is 0 Å². The number of halogens is 3. The van der Waals surface area contributed by atoms with Gasteiger partial charge in [0.1, 0.15) is 0 Å². The van der Waals surface area contributed by atoms with Crippen LogP contribution in [0.3, 0.4) is 0 Å². The zero-order valence-electron chi connectivity index (χ0n) is 11.7. The van der Waals surface area contributed by atoms with E-state index in [-0.39, 0.29) is 11.5 Å². The number of morpholine rings is 1. The molecule has 2 aromatic rings. The second-order valence-electron chi connectivity index (χ2n) is 4.86. The summed E-state index contributed by atoms with van der Waals surface area (Å²) in [7, 11) is 0. The molecule has 1 aromatic carbocycles. The average Bonchev–Trinajstić information content (AvgIpc) is 3.06. The summed E-state index contributed by atoms with van der Waals surface area (Å²) >= 11 is 0. The minimum atomic E-state index is -1.70. The number of carbonyl (C=O) groups excluding carboxylic acids is 1. The van der Waals surface area contributed by atoms with Crippen LogP contribution in [0, 0.1) is 17.5 Å². The van der Waals surface area contributed by atoms with Gasteiger partial charge in [0, 0.05) is 19.2 Å². The molecule has 1 aliphatic rings. The molecule has 0 atom stereocenters. The lowest BCUT2D eigenvalue weighted by Crippen LogP contribution is -2.40. The van der Waals surface area contributed by atoms with Gasteiger partial charge in [-0.05, 0) is 6.07 Å². The Bertz CT molecular complexity index is 757. The van der Waals surface area contributed by atoms with E-state index in [0.717, 1.165) is 6.07 Å². The zero-order valence-corrected chi connectivity index (χ0v) is 11.7. The van der Waals surface area contributed by atoms with Gasteiger partial charge in [-0.25, -0.2) is 8.78 Å². The Labute approximate surface area is 128 Å². The van der Waals surface area contributed by atoms with Gasteiger partial charge in [-0.1, -0.05) is 5.16 Å². The molecule has 1 N–H and O–H groups in total. The smallest absolute Gasteiger partial charge is 0.276 e. The van der Waals surface area contributed by atoms with Crippen LogP contribution in [0.4, 0.5) is 13.2 Å². The van der Waals surface area contributed by atoms with Crippen molar-refractivity contribution in [3.05, 3.63) is 35.3 Å². The van der Waals surface area contributed by atoms with E-state index in [2.05, 4.69) is 5.16 Å². The first kappa shape index (κ1) is 15.3. The maximum atomic E-state index is 13.8. The maximum Gasteiger partial charge on any atom is 0.276 e. The Balaban J connectivity index is 1.92. The topological polar surface area (TPSA) is 75.8 Å². The van der Waals surface area contributed by atoms with E-state index in [1.54, 1.807) is 0 Å². The number of aromatic hydroxyl groups is 1. The molecule has 0 radical (unpaired) electrons. The monoisotopic (exact) mass is 328 g/mol. The van der Waals surface area contributed by atoms with Crippen LogP contribution in [-0.2, 0) is 4.74 Å². The molecule has 1 amide bonds. The first-order valence-electron chi connectivity index (χ1n) is 6.69. The van der Waals surface area contributed by atoms with Gasteiger partial charge in [-0.2, -0.15) is 4.39 Å². The highest BCUT2D eigenvalue weighted by Crippen LogP contribution is 2.32. The van der Waals surface area contributed by atoms with Gasteiger partial charge >= 0.3 is 0 Å². The van der Waals surface area contributed by atoms with Gasteiger partial charge in [0.05, 0.1) is 18.8 Å². The molecule has 0 saturated carbocycles. The average molecular weight is 328 g/mol. The molecule has 0 spiro atoms. The highest BCUT2D eigenvalue weighted by molar-refractivity contribution is 5.93. The predicted octanol–water partition coefficient (Wildman–Crippen LogP) is 1.94. The molecule has 6 nitrogen and oxygen atoms in total. The quantitative estimate of drug-likeness (QED) is 0.853. The zero-order chi connectivity index (χ0) is 16.6. The first-order chi connectivity index (χ1) is 11.0. The van der Waals surface area contributed by atoms with Crippen molar-refractivity contribution in [2.24, 2.45) is 0 Å². The molecule has 23 heavy (non-hydrogen) atoms. The molecule has 3 rings (SSSR count). The van der Waals surface area contributed by atoms with Crippen LogP contribution in [0.2, 0.25) is 0 Å². The van der Waals surface area contributed by atoms with E-state index in [4.69, 9.17) is 9.26 Å². The number of phenols is 1. The molecule has 0 aliphatic carbocycles. The number of phenolic OH excluding ortho intramolecular Hbond substituents is 1. The minimum Gasteiger partial charge on any atom is -0.503 e. The SMILES string of the molecule is O=C(c1cc(-c2cc(F)c(F)c(O)c2F)on1)N1CCOCC1. The number of rotatable bonds is 2. The van der Waals surface area contributed by atoms with Crippen molar-refractivity contribution in [2.45, 2.75) is 0 Å². The summed E-state index contributed by atoms with van der Waals surface area (Å²) in [6, 6.07) is 1.63. The van der Waals surface area contributed by atoms with Gasteiger partial charge in [0.15, 0.2) is 28.8 Å². The molecule has 9 heteroatoms. The minimum absolute atomic E-state index is 0.106. The summed E-state index contributed by atoms with van der Waals surface area (Å²) in [5, 5.41) is 12.7. The van der Waals surface area contributed by atoms with E-state index in [9.17, 15) is 23.1 Å². The van der Waals surface area contributed by atoms with Crippen molar-refractivity contribution in [1.29, 1.82) is 0 Å². The summed E-state index contributed by atoms with van der Waals surface area (Å²) in [6.07, 6.45) is 0. The Morgan fingerprint density at radius 3 is 2.57 bits per heavy atom. The van der Waals surface area contributed by atoms with Crippen LogP contribution < -0.4 is 0 Å². The predicted molar refractivity (Wildman–Crippen MR) is 70.2 cm³/mol. The molecular formula is C14H11F3N2O4. The van der Waals surface area contributed by atoms with E-state index in [1.807, 2.05) is 0 Å². The number of hydrogen-bond donors (Lipinski definition) is 1. The molecule has 0 unspecified atom stereocenters. The van der Waals surface area contributed by atoms with E-state index < -0.39 is 34.7 Å². The fraction of sp³-hybridized carbons (Fsp3) is 0.286. The second kappa shape index (κ2) is 5.92. The molecule has 1 saturated heterocycles. The molecule has 0 bridgehead atoms. The molecule has 122 valence electrons. The third kappa shape index (κ3) is 2.74. The Morgan fingerprint density at radius 2 is 1.87 bits per heavy atom. The van der Waals surface area contributed by atoms with Crippen molar-refractivity contribution in [2.75, 3.05) is 26.3 Å². The van der Waals surface area contributed by atoms with Crippen molar-refractivity contribution < 1.29 is 32.3 Å². The van der Waals surface area contributed by atoms with Crippen molar-refractivity contribution in [1.82, 2.24) is 10.1 Å². The highest BCUT2D eigenvalue weighted by atomic mass is 19.2. The third-order valence-corrected chi connectivity index (χ3v) is 3.43. The fourth-order valence-corrected chi connectivity index (χ4v) is 2.20. The van der Waals surface area contributed by atoms with Gasteiger partial charge < -0.3 is 19.3 Å². The van der Waals surface area contributed by atoms with Crippen LogP contribution in [0.5, 0.6) is 5.75 Å². The standard InChI is InChI=1S/C14H11F3N2O4/c15-8-5-7(11(16)13(20)12(8)17)10-6-9(18-23-10)14(21)19-1-3-22-4-2-19/h5-6,20H,1-4H2. The largest absolute Gasteiger partial charge is 0.503 e. The maximum absolute atomic E-state index is 13.8. The number of ether oxygens (including phenoxy) is 1. The van der Waals surface area contributed by atoms with Crippen LogP contribution in [-0.4, -0.2) is 47.4 Å². The lowest BCUT2D eigenvalue weighted by molar-refractivity contribution is 0.0296. The number of benzene rings is 1. The van der Waals surface area contributed by atoms with Crippen LogP contribution >= 0.6 is 0 Å². The number of amides is 1. The third-order valence-electron chi connectivity index (χ3n) is 3.43. The fourth-order valence-electron chi connectivity index (χ4n) is 2.20. The number of nitrogens with zero attached hydrogens (tertiary/aromatic N) is 2. The van der Waals surface area contributed by atoms with Crippen molar-refractivity contribution in [3.8, 4) is 17.1 Å². The summed E-state index contributed by atoms with van der Waals surface area (Å²) in [4.78, 5) is 13.7. The lowest BCUT2D eigenvalue weighted by Gasteiger charge is -2.25. The van der Waals surface area contributed by atoms with Crippen molar-refractivity contribution >= 4 is 5.91 Å². The van der Waals surface area contributed by atoms with Crippen LogP contribution in [0.15, 0.2) is 16.7 Å². The number of hydrogen-bond acceptors (Lipinski definition) is 5. The lowest BCUT2D eigenvalue weighted by atomic mass is 10.1. The Morgan fingerprint density at radius 1 is 1.17 bits per heavy atom. The van der Waals surface area contributed by atoms with Gasteiger partial charge in [-0.3, -0.25) is 4.79 Å². The number of carbonyl (C=O) groups is 1.